The summed E-state index contributed by atoms with van der Waals surface area (Å²) < 4.78 is 1.79. The van der Waals surface area contributed by atoms with Crippen LogP contribution < -0.4 is 10.5 Å². The van der Waals surface area contributed by atoms with E-state index in [0.717, 1.165) is 31.3 Å². The molecule has 8 nitrogen and oxygen atoms in total. The van der Waals surface area contributed by atoms with Gasteiger partial charge in [0.05, 0.1) is 11.3 Å². The molecule has 3 heterocycles. The van der Waals surface area contributed by atoms with Crippen molar-refractivity contribution in [1.82, 2.24) is 9.47 Å². The Labute approximate surface area is 196 Å². The highest BCUT2D eigenvalue weighted by molar-refractivity contribution is 8.26. The first kappa shape index (κ1) is 24.0. The molecule has 1 aromatic rings. The number of aliphatic carboxylic acids is 1. The summed E-state index contributed by atoms with van der Waals surface area (Å²) in [7, 11) is 1.65. The Balaban J connectivity index is 2.13. The smallest absolute Gasteiger partial charge is 0.305 e. The number of nitriles is 1. The summed E-state index contributed by atoms with van der Waals surface area (Å²) in [5.41, 5.74) is 0.843. The molecule has 2 aliphatic heterocycles. The van der Waals surface area contributed by atoms with Gasteiger partial charge in [-0.05, 0) is 36.8 Å². The van der Waals surface area contributed by atoms with Gasteiger partial charge in [0.15, 0.2) is 0 Å². The van der Waals surface area contributed by atoms with E-state index in [1.165, 1.54) is 9.47 Å². The third-order valence-corrected chi connectivity index (χ3v) is 7.21. The van der Waals surface area contributed by atoms with E-state index in [2.05, 4.69) is 18.7 Å². The highest BCUT2D eigenvalue weighted by atomic mass is 32.2. The van der Waals surface area contributed by atoms with Gasteiger partial charge < -0.3 is 10.0 Å². The fourth-order valence-corrected chi connectivity index (χ4v) is 5.75. The number of carbonyl (C=O) groups is 2. The number of nitrogens with zero attached hydrogens (tertiary/aromatic N) is 4. The molecular formula is C22H26N4O4S2. The minimum Gasteiger partial charge on any atom is -0.481 e. The van der Waals surface area contributed by atoms with Gasteiger partial charge in [-0.25, -0.2) is 0 Å². The van der Waals surface area contributed by atoms with Crippen molar-refractivity contribution >= 4 is 52.1 Å². The lowest BCUT2D eigenvalue weighted by Crippen LogP contribution is -2.42. The van der Waals surface area contributed by atoms with Gasteiger partial charge in [0.1, 0.15) is 21.8 Å². The van der Waals surface area contributed by atoms with Crippen LogP contribution in [0, 0.1) is 30.1 Å². The summed E-state index contributed by atoms with van der Waals surface area (Å²) >= 11 is 6.40. The minimum absolute atomic E-state index is 0.00105. The number of aromatic nitrogens is 1. The van der Waals surface area contributed by atoms with Crippen LogP contribution in [0.5, 0.6) is 0 Å². The van der Waals surface area contributed by atoms with Crippen molar-refractivity contribution in [3.63, 3.8) is 0 Å². The molecule has 2 unspecified atom stereocenters. The molecule has 10 heteroatoms. The molecule has 2 fully saturated rings. The number of thiocarbonyl (C=S) groups is 1. The fraction of sp³-hybridized carbons (Fsp3) is 0.500. The summed E-state index contributed by atoms with van der Waals surface area (Å²) in [5.74, 6) is 0.185. The maximum atomic E-state index is 13.0. The number of hydrogen-bond acceptors (Lipinski definition) is 7. The molecule has 0 bridgehead atoms. The molecule has 0 saturated carbocycles. The molecule has 1 aromatic heterocycles. The zero-order valence-electron chi connectivity index (χ0n) is 18.5. The van der Waals surface area contributed by atoms with E-state index in [0.29, 0.717) is 38.0 Å². The summed E-state index contributed by atoms with van der Waals surface area (Å²) in [6.07, 6.45) is 2.58. The lowest BCUT2D eigenvalue weighted by atomic mass is 9.91. The lowest BCUT2D eigenvalue weighted by Gasteiger charge is -2.38. The van der Waals surface area contributed by atoms with Crippen molar-refractivity contribution in [2.75, 3.05) is 24.5 Å². The lowest BCUT2D eigenvalue weighted by molar-refractivity contribution is -0.137. The number of amides is 1. The molecule has 0 aromatic carbocycles. The summed E-state index contributed by atoms with van der Waals surface area (Å²) in [6.45, 7) is 7.60. The molecule has 1 amide bonds. The number of carbonyl (C=O) groups excluding carboxylic acids is 1. The van der Waals surface area contributed by atoms with E-state index in [9.17, 15) is 19.6 Å². The van der Waals surface area contributed by atoms with Crippen LogP contribution in [0.1, 0.15) is 43.4 Å². The molecule has 32 heavy (non-hydrogen) atoms. The second-order valence-corrected chi connectivity index (χ2v) is 10.2. The first-order valence-electron chi connectivity index (χ1n) is 10.4. The number of anilines is 1. The van der Waals surface area contributed by atoms with Gasteiger partial charge in [0.2, 0.25) is 0 Å². The van der Waals surface area contributed by atoms with Gasteiger partial charge in [0, 0.05) is 32.2 Å². The van der Waals surface area contributed by atoms with Crippen LogP contribution in [-0.4, -0.2) is 50.4 Å². The predicted octanol–water partition coefficient (Wildman–Crippen LogP) is 2.72. The van der Waals surface area contributed by atoms with Gasteiger partial charge in [-0.3, -0.25) is 23.9 Å². The number of piperidine rings is 1. The van der Waals surface area contributed by atoms with Gasteiger partial charge in [0.25, 0.3) is 11.5 Å². The molecule has 2 saturated heterocycles. The van der Waals surface area contributed by atoms with Gasteiger partial charge in [-0.2, -0.15) is 5.26 Å². The topological polar surface area (TPSA) is 107 Å². The van der Waals surface area contributed by atoms with Crippen LogP contribution in [-0.2, 0) is 16.6 Å². The highest BCUT2D eigenvalue weighted by Gasteiger charge is 2.34. The average molecular weight is 475 g/mol. The number of rotatable bonds is 5. The maximum Gasteiger partial charge on any atom is 0.305 e. The minimum atomic E-state index is -1.01. The summed E-state index contributed by atoms with van der Waals surface area (Å²) in [4.78, 5) is 40.6. The van der Waals surface area contributed by atoms with Crippen molar-refractivity contribution in [1.29, 1.82) is 5.26 Å². The normalized spacial score (nSPS) is 22.5. The molecule has 2 aliphatic rings. The number of carboxylic acids is 1. The number of carboxylic acid groups (broad SMARTS) is 1. The second-order valence-electron chi connectivity index (χ2n) is 8.54. The molecule has 2 atom stereocenters. The molecule has 0 radical (unpaired) electrons. The summed E-state index contributed by atoms with van der Waals surface area (Å²) in [6, 6.07) is 2.00. The van der Waals surface area contributed by atoms with E-state index >= 15 is 0 Å². The van der Waals surface area contributed by atoms with E-state index in [1.807, 2.05) is 6.07 Å². The van der Waals surface area contributed by atoms with Crippen LogP contribution in [0.3, 0.4) is 0 Å². The summed E-state index contributed by atoms with van der Waals surface area (Å²) in [5, 5.41) is 18.5. The van der Waals surface area contributed by atoms with Crippen molar-refractivity contribution in [2.45, 2.75) is 33.6 Å². The Morgan fingerprint density at radius 3 is 2.50 bits per heavy atom. The number of thioether (sulfide) groups is 1. The number of pyridine rings is 1. The average Bonchev–Trinajstić information content (AvgIpc) is 2.97. The van der Waals surface area contributed by atoms with Crippen LogP contribution in [0.2, 0.25) is 0 Å². The van der Waals surface area contributed by atoms with Gasteiger partial charge >= 0.3 is 5.97 Å². The van der Waals surface area contributed by atoms with Crippen molar-refractivity contribution in [3.8, 4) is 6.07 Å². The second kappa shape index (κ2) is 9.46. The first-order valence-corrected chi connectivity index (χ1v) is 11.6. The monoisotopic (exact) mass is 474 g/mol. The first-order chi connectivity index (χ1) is 15.0. The molecular weight excluding hydrogens is 448 g/mol. The largest absolute Gasteiger partial charge is 0.481 e. The predicted molar refractivity (Wildman–Crippen MR) is 128 cm³/mol. The fourth-order valence-electron chi connectivity index (χ4n) is 4.46. The zero-order chi connectivity index (χ0) is 23.7. The van der Waals surface area contributed by atoms with Crippen LogP contribution in [0.25, 0.3) is 6.08 Å². The zero-order valence-corrected chi connectivity index (χ0v) is 20.2. The molecule has 1 N–H and O–H groups in total. The third-order valence-electron chi connectivity index (χ3n) is 5.83. The van der Waals surface area contributed by atoms with Crippen LogP contribution in [0.15, 0.2) is 9.70 Å². The maximum absolute atomic E-state index is 13.0. The van der Waals surface area contributed by atoms with Crippen molar-refractivity contribution < 1.29 is 14.7 Å². The Morgan fingerprint density at radius 2 is 1.94 bits per heavy atom. The molecule has 0 aliphatic carbocycles. The van der Waals surface area contributed by atoms with Gasteiger partial charge in [-0.1, -0.05) is 37.8 Å². The van der Waals surface area contributed by atoms with Crippen LogP contribution >= 0.6 is 24.0 Å². The van der Waals surface area contributed by atoms with E-state index < -0.39 is 5.97 Å². The Morgan fingerprint density at radius 1 is 1.31 bits per heavy atom. The van der Waals surface area contributed by atoms with Gasteiger partial charge in [-0.15, -0.1) is 0 Å². The third kappa shape index (κ3) is 4.59. The van der Waals surface area contributed by atoms with E-state index in [1.54, 1.807) is 20.0 Å². The van der Waals surface area contributed by atoms with E-state index in [-0.39, 0.29) is 30.0 Å². The Bertz CT molecular complexity index is 1110. The van der Waals surface area contributed by atoms with Crippen molar-refractivity contribution in [2.24, 2.45) is 18.9 Å². The Hall–Kier alpha value is -2.64. The SMILES string of the molecule is Cc1c(C=C2SC(=S)N(CCC(=O)O)C2=O)c(N2CC(C)CC(C)C2)n(C)c(=O)c1C#N. The van der Waals surface area contributed by atoms with Crippen LogP contribution in [0.4, 0.5) is 5.82 Å². The quantitative estimate of drug-likeness (QED) is 0.513. The highest BCUT2D eigenvalue weighted by Crippen LogP contribution is 2.37. The van der Waals surface area contributed by atoms with Crippen molar-refractivity contribution in [3.05, 3.63) is 31.9 Å². The Kier molecular flexibility index (Phi) is 7.10. The molecule has 3 rings (SSSR count). The standard InChI is InChI=1S/C22H26N4O4S2/c1-12-7-13(2)11-25(10-12)19-15(14(3)16(9-23)20(29)24(19)4)8-17-21(30)26(22(31)32-17)6-5-18(27)28/h8,12-13H,5-7,10-11H2,1-4H3,(H,27,28). The molecule has 0 spiro atoms. The van der Waals surface area contributed by atoms with E-state index in [4.69, 9.17) is 17.3 Å². The number of hydrogen-bond donors (Lipinski definition) is 1. The molecule has 170 valence electrons.